The van der Waals surface area contributed by atoms with Gasteiger partial charge in [-0.2, -0.15) is 0 Å². The molecule has 3 aromatic heterocycles. The van der Waals surface area contributed by atoms with E-state index < -0.39 is 5.82 Å². The molecule has 0 aliphatic rings. The number of aromatic nitrogens is 4. The number of nitrogens with one attached hydrogen (secondary N) is 1. The minimum absolute atomic E-state index is 0.0874. The molecular formula is C23H17ClFN5O. The number of nitrogens with zero attached hydrogens (tertiary/aromatic N) is 4. The molecule has 0 fully saturated rings. The number of hydrogen-bond acceptors (Lipinski definition) is 5. The number of fused-ring (bicyclic) bond motifs is 2. The Balaban J connectivity index is 1.46. The maximum atomic E-state index is 13.5. The largest absolute Gasteiger partial charge is 0.497 e. The van der Waals surface area contributed by atoms with Crippen molar-refractivity contribution in [3.63, 3.8) is 0 Å². The normalized spacial score (nSPS) is 11.2. The van der Waals surface area contributed by atoms with E-state index in [1.54, 1.807) is 25.4 Å². The average molecular weight is 434 g/mol. The van der Waals surface area contributed by atoms with Crippen LogP contribution in [0.25, 0.3) is 27.7 Å². The molecule has 5 aromatic rings. The van der Waals surface area contributed by atoms with Crippen molar-refractivity contribution in [2.45, 2.75) is 6.54 Å². The Morgan fingerprint density at radius 3 is 2.74 bits per heavy atom. The zero-order chi connectivity index (χ0) is 21.4. The first-order chi connectivity index (χ1) is 15.1. The van der Waals surface area contributed by atoms with Crippen LogP contribution in [-0.4, -0.2) is 26.7 Å². The minimum atomic E-state index is -0.442. The summed E-state index contributed by atoms with van der Waals surface area (Å²) in [4.78, 5) is 4.41. The predicted octanol–water partition coefficient (Wildman–Crippen LogP) is 5.36. The van der Waals surface area contributed by atoms with Gasteiger partial charge in [-0.3, -0.25) is 9.38 Å². The first kappa shape index (κ1) is 19.3. The van der Waals surface area contributed by atoms with Crippen molar-refractivity contribution in [2.75, 3.05) is 12.4 Å². The zero-order valence-electron chi connectivity index (χ0n) is 16.5. The van der Waals surface area contributed by atoms with Gasteiger partial charge in [0.05, 0.1) is 24.2 Å². The molecule has 0 saturated carbocycles. The van der Waals surface area contributed by atoms with Crippen molar-refractivity contribution in [3.05, 3.63) is 83.7 Å². The molecule has 8 heteroatoms. The van der Waals surface area contributed by atoms with Gasteiger partial charge in [-0.15, -0.1) is 10.2 Å². The highest BCUT2D eigenvalue weighted by molar-refractivity contribution is 6.31. The SMILES string of the molecule is COc1ccc2c(NCc3nnc4ccc(-c5ccc(F)c(Cl)c5)cn34)ccnc2c1. The van der Waals surface area contributed by atoms with E-state index in [2.05, 4.69) is 20.5 Å². The van der Waals surface area contributed by atoms with Gasteiger partial charge in [0.25, 0.3) is 0 Å². The van der Waals surface area contributed by atoms with Crippen LogP contribution in [0.2, 0.25) is 5.02 Å². The Labute approximate surface area is 182 Å². The molecule has 6 nitrogen and oxygen atoms in total. The lowest BCUT2D eigenvalue weighted by Crippen LogP contribution is -2.05. The molecule has 0 atom stereocenters. The fourth-order valence-electron chi connectivity index (χ4n) is 3.49. The summed E-state index contributed by atoms with van der Waals surface area (Å²) in [6.07, 6.45) is 3.67. The molecule has 0 saturated heterocycles. The molecule has 0 aliphatic carbocycles. The lowest BCUT2D eigenvalue weighted by atomic mass is 10.1. The Morgan fingerprint density at radius 1 is 1.03 bits per heavy atom. The number of methoxy groups -OCH3 is 1. The van der Waals surface area contributed by atoms with Crippen molar-refractivity contribution in [1.82, 2.24) is 19.6 Å². The number of benzene rings is 2. The van der Waals surface area contributed by atoms with E-state index in [-0.39, 0.29) is 5.02 Å². The first-order valence-corrected chi connectivity index (χ1v) is 9.96. The van der Waals surface area contributed by atoms with Crippen molar-refractivity contribution in [2.24, 2.45) is 0 Å². The molecule has 0 bridgehead atoms. The Bertz CT molecular complexity index is 1420. The number of halogens is 2. The Morgan fingerprint density at radius 2 is 1.90 bits per heavy atom. The molecule has 31 heavy (non-hydrogen) atoms. The van der Waals surface area contributed by atoms with Crippen molar-refractivity contribution in [1.29, 1.82) is 0 Å². The molecular weight excluding hydrogens is 417 g/mol. The fourth-order valence-corrected chi connectivity index (χ4v) is 3.67. The van der Waals surface area contributed by atoms with Crippen molar-refractivity contribution in [3.8, 4) is 16.9 Å². The molecule has 154 valence electrons. The van der Waals surface area contributed by atoms with Gasteiger partial charge in [-0.25, -0.2) is 4.39 Å². The van der Waals surface area contributed by atoms with Crippen LogP contribution in [0.15, 0.2) is 67.0 Å². The lowest BCUT2D eigenvalue weighted by Gasteiger charge is -2.10. The van der Waals surface area contributed by atoms with E-state index in [1.807, 2.05) is 47.0 Å². The first-order valence-electron chi connectivity index (χ1n) is 9.58. The summed E-state index contributed by atoms with van der Waals surface area (Å²) in [6.45, 7) is 0.458. The molecule has 3 heterocycles. The second-order valence-electron chi connectivity index (χ2n) is 6.99. The smallest absolute Gasteiger partial charge is 0.160 e. The topological polar surface area (TPSA) is 64.3 Å². The van der Waals surface area contributed by atoms with Gasteiger partial charge in [0.15, 0.2) is 11.5 Å². The van der Waals surface area contributed by atoms with Crippen LogP contribution in [-0.2, 0) is 6.54 Å². The number of pyridine rings is 2. The number of rotatable bonds is 5. The molecule has 5 rings (SSSR count). The van der Waals surface area contributed by atoms with Gasteiger partial charge in [0.1, 0.15) is 11.6 Å². The van der Waals surface area contributed by atoms with E-state index in [0.717, 1.165) is 44.9 Å². The fraction of sp³-hybridized carbons (Fsp3) is 0.0870. The van der Waals surface area contributed by atoms with Crippen LogP contribution in [0.4, 0.5) is 10.1 Å². The molecule has 0 unspecified atom stereocenters. The highest BCUT2D eigenvalue weighted by Gasteiger charge is 2.10. The highest BCUT2D eigenvalue weighted by Crippen LogP contribution is 2.27. The summed E-state index contributed by atoms with van der Waals surface area (Å²) in [6, 6.07) is 16.1. The monoisotopic (exact) mass is 433 g/mol. The summed E-state index contributed by atoms with van der Waals surface area (Å²) >= 11 is 5.95. The van der Waals surface area contributed by atoms with Crippen LogP contribution in [0, 0.1) is 5.82 Å². The zero-order valence-corrected chi connectivity index (χ0v) is 17.3. The Kier molecular flexibility index (Phi) is 4.88. The summed E-state index contributed by atoms with van der Waals surface area (Å²) in [7, 11) is 1.63. The molecule has 0 aliphatic heterocycles. The minimum Gasteiger partial charge on any atom is -0.497 e. The van der Waals surface area contributed by atoms with E-state index >= 15 is 0 Å². The van der Waals surface area contributed by atoms with E-state index in [4.69, 9.17) is 16.3 Å². The second kappa shape index (κ2) is 7.85. The highest BCUT2D eigenvalue weighted by atomic mass is 35.5. The maximum Gasteiger partial charge on any atom is 0.160 e. The molecule has 0 radical (unpaired) electrons. The lowest BCUT2D eigenvalue weighted by molar-refractivity contribution is 0.415. The number of ether oxygens (including phenoxy) is 1. The summed E-state index contributed by atoms with van der Waals surface area (Å²) < 4.78 is 20.7. The van der Waals surface area contributed by atoms with Gasteiger partial charge < -0.3 is 10.1 Å². The molecule has 1 N–H and O–H groups in total. The van der Waals surface area contributed by atoms with Crippen molar-refractivity contribution >= 4 is 33.8 Å². The molecule has 0 spiro atoms. The van der Waals surface area contributed by atoms with Gasteiger partial charge in [-0.1, -0.05) is 17.7 Å². The summed E-state index contributed by atoms with van der Waals surface area (Å²) in [5.41, 5.74) is 4.20. The van der Waals surface area contributed by atoms with Crippen LogP contribution in [0.3, 0.4) is 0 Å². The standard InChI is InChI=1S/C23H17ClFN5O/c1-31-16-4-5-17-20(8-9-26-21(17)11-16)27-12-23-29-28-22-7-3-15(13-30(22)23)14-2-6-19(25)18(24)10-14/h2-11,13H,12H2,1H3,(H,26,27). The second-order valence-corrected chi connectivity index (χ2v) is 7.39. The van der Waals surface area contributed by atoms with Gasteiger partial charge >= 0.3 is 0 Å². The third-order valence-corrected chi connectivity index (χ3v) is 5.40. The third kappa shape index (κ3) is 3.64. The third-order valence-electron chi connectivity index (χ3n) is 5.11. The summed E-state index contributed by atoms with van der Waals surface area (Å²) in [5.74, 6) is 1.06. The Hall–Kier alpha value is -3.71. The van der Waals surface area contributed by atoms with Crippen LogP contribution < -0.4 is 10.1 Å². The maximum absolute atomic E-state index is 13.5. The van der Waals surface area contributed by atoms with Crippen LogP contribution in [0.5, 0.6) is 5.75 Å². The van der Waals surface area contributed by atoms with Crippen LogP contribution in [0.1, 0.15) is 5.82 Å². The molecule has 0 amide bonds. The van der Waals surface area contributed by atoms with Gasteiger partial charge in [-0.05, 0) is 53.6 Å². The van der Waals surface area contributed by atoms with E-state index in [1.165, 1.54) is 6.07 Å². The average Bonchev–Trinajstić information content (AvgIpc) is 3.21. The van der Waals surface area contributed by atoms with Gasteiger partial charge in [0.2, 0.25) is 0 Å². The predicted molar refractivity (Wildman–Crippen MR) is 119 cm³/mol. The summed E-state index contributed by atoms with van der Waals surface area (Å²) in [5, 5.41) is 13.0. The van der Waals surface area contributed by atoms with E-state index in [0.29, 0.717) is 6.54 Å². The van der Waals surface area contributed by atoms with Gasteiger partial charge in [0, 0.05) is 29.5 Å². The number of hydrogen-bond donors (Lipinski definition) is 1. The van der Waals surface area contributed by atoms with Crippen molar-refractivity contribution < 1.29 is 9.13 Å². The number of anilines is 1. The van der Waals surface area contributed by atoms with Crippen LogP contribution >= 0.6 is 11.6 Å². The van der Waals surface area contributed by atoms with E-state index in [9.17, 15) is 4.39 Å². The molecule has 2 aromatic carbocycles. The quantitative estimate of drug-likeness (QED) is 0.404.